The van der Waals surface area contributed by atoms with Crippen LogP contribution in [0.4, 0.5) is 0 Å². The van der Waals surface area contributed by atoms with Gasteiger partial charge in [0.05, 0.1) is 5.75 Å². The van der Waals surface area contributed by atoms with E-state index in [-0.39, 0.29) is 30.1 Å². The maximum Gasteiger partial charge on any atom is 0.308 e. The lowest BCUT2D eigenvalue weighted by Gasteiger charge is -2.29. The van der Waals surface area contributed by atoms with Crippen molar-refractivity contribution < 1.29 is 22.1 Å². The summed E-state index contributed by atoms with van der Waals surface area (Å²) >= 11 is 5.86. The summed E-state index contributed by atoms with van der Waals surface area (Å²) in [7, 11) is -3.61. The highest BCUT2D eigenvalue weighted by Gasteiger charge is 2.20. The van der Waals surface area contributed by atoms with Gasteiger partial charge in [-0.3, -0.25) is 4.79 Å². The third-order valence-corrected chi connectivity index (χ3v) is 5.85. The zero-order chi connectivity index (χ0) is 21.4. The zero-order valence-corrected chi connectivity index (χ0v) is 18.4. The van der Waals surface area contributed by atoms with E-state index in [0.29, 0.717) is 17.3 Å². The predicted molar refractivity (Wildman–Crippen MR) is 114 cm³/mol. The van der Waals surface area contributed by atoms with E-state index >= 15 is 0 Å². The largest absolute Gasteiger partial charge is 0.484 e. The Kier molecular flexibility index (Phi) is 8.34. The predicted octanol–water partition coefficient (Wildman–Crippen LogP) is 4.27. The molecule has 2 rings (SSSR count). The molecule has 0 spiro atoms. The van der Waals surface area contributed by atoms with Crippen molar-refractivity contribution in [1.82, 2.24) is 4.90 Å². The maximum absolute atomic E-state index is 12.8. The van der Waals surface area contributed by atoms with Crippen LogP contribution in [-0.4, -0.2) is 37.6 Å². The summed E-state index contributed by atoms with van der Waals surface area (Å²) in [5, 5.41) is 0.595. The molecule has 1 amide bonds. The van der Waals surface area contributed by atoms with Gasteiger partial charge in [0.2, 0.25) is 0 Å². The summed E-state index contributed by atoms with van der Waals surface area (Å²) in [5.41, 5.74) is 0.772. The van der Waals surface area contributed by atoms with Crippen LogP contribution in [0.1, 0.15) is 32.8 Å². The van der Waals surface area contributed by atoms with E-state index in [1.165, 1.54) is 6.92 Å². The number of rotatable bonds is 10. The molecule has 0 heterocycles. The molecule has 0 aromatic heterocycles. The smallest absolute Gasteiger partial charge is 0.308 e. The summed E-state index contributed by atoms with van der Waals surface area (Å²) in [4.78, 5) is 14.5. The highest BCUT2D eigenvalue weighted by atomic mass is 35.5. The first-order chi connectivity index (χ1) is 13.7. The normalized spacial score (nSPS) is 12.3. The second-order valence-electron chi connectivity index (χ2n) is 6.60. The molecule has 0 fully saturated rings. The molecule has 0 bridgehead atoms. The van der Waals surface area contributed by atoms with Crippen molar-refractivity contribution in [3.8, 4) is 11.5 Å². The minimum atomic E-state index is -3.61. The molecule has 0 aliphatic rings. The fourth-order valence-corrected chi connectivity index (χ4v) is 3.21. The van der Waals surface area contributed by atoms with E-state index in [0.717, 1.165) is 12.0 Å². The van der Waals surface area contributed by atoms with Gasteiger partial charge in [0, 0.05) is 17.6 Å². The number of carbonyl (C=O) groups is 1. The average molecular weight is 440 g/mol. The van der Waals surface area contributed by atoms with Crippen molar-refractivity contribution in [1.29, 1.82) is 0 Å². The molecule has 1 atom stereocenters. The first kappa shape index (κ1) is 23.0. The lowest BCUT2D eigenvalue weighted by atomic mass is 10.1. The summed E-state index contributed by atoms with van der Waals surface area (Å²) in [6.07, 6.45) is 0.771. The van der Waals surface area contributed by atoms with Gasteiger partial charge in [-0.15, -0.1) is 0 Å². The SMILES string of the molecule is CCC(C)N(Cc1cccc(OS(=O)(=O)CC)c1)C(=O)COc1ccc(Cl)cc1. The number of ether oxygens (including phenoxy) is 1. The van der Waals surface area contributed by atoms with Crippen LogP contribution < -0.4 is 8.92 Å². The van der Waals surface area contributed by atoms with Crippen LogP contribution >= 0.6 is 11.6 Å². The van der Waals surface area contributed by atoms with Crippen molar-refractivity contribution in [2.45, 2.75) is 39.8 Å². The fraction of sp³-hybridized carbons (Fsp3) is 0.381. The van der Waals surface area contributed by atoms with Crippen molar-refractivity contribution >= 4 is 27.6 Å². The van der Waals surface area contributed by atoms with Gasteiger partial charge >= 0.3 is 10.1 Å². The lowest BCUT2D eigenvalue weighted by Crippen LogP contribution is -2.40. The standard InChI is InChI=1S/C21H26ClNO5S/c1-4-16(3)23(21(24)15-27-19-11-9-18(22)10-12-19)14-17-7-6-8-20(13-17)28-29(25,26)5-2/h6-13,16H,4-5,14-15H2,1-3H3. The zero-order valence-electron chi connectivity index (χ0n) is 16.8. The van der Waals surface area contributed by atoms with Gasteiger partial charge in [0.25, 0.3) is 5.91 Å². The first-order valence-corrected chi connectivity index (χ1v) is 11.4. The van der Waals surface area contributed by atoms with Gasteiger partial charge in [0.15, 0.2) is 6.61 Å². The maximum atomic E-state index is 12.8. The van der Waals surface area contributed by atoms with Gasteiger partial charge in [0.1, 0.15) is 11.5 Å². The second-order valence-corrected chi connectivity index (χ2v) is 8.89. The molecule has 158 valence electrons. The second kappa shape index (κ2) is 10.5. The Morgan fingerprint density at radius 3 is 2.41 bits per heavy atom. The highest BCUT2D eigenvalue weighted by Crippen LogP contribution is 2.20. The summed E-state index contributed by atoms with van der Waals surface area (Å²) in [6.45, 7) is 5.69. The molecule has 0 saturated carbocycles. The number of benzene rings is 2. The molecule has 0 N–H and O–H groups in total. The quantitative estimate of drug-likeness (QED) is 0.517. The van der Waals surface area contributed by atoms with E-state index in [1.807, 2.05) is 19.9 Å². The van der Waals surface area contributed by atoms with Crippen LogP contribution in [0.2, 0.25) is 5.02 Å². The molecular weight excluding hydrogens is 414 g/mol. The van der Waals surface area contributed by atoms with Crippen LogP contribution in [0.5, 0.6) is 11.5 Å². The minimum absolute atomic E-state index is 0.0136. The van der Waals surface area contributed by atoms with Crippen LogP contribution in [0.15, 0.2) is 48.5 Å². The van der Waals surface area contributed by atoms with Crippen LogP contribution in [0.3, 0.4) is 0 Å². The number of amides is 1. The minimum Gasteiger partial charge on any atom is -0.484 e. The van der Waals surface area contributed by atoms with Crippen molar-refractivity contribution in [3.63, 3.8) is 0 Å². The Labute approximate surface area is 177 Å². The van der Waals surface area contributed by atoms with E-state index in [4.69, 9.17) is 20.5 Å². The number of hydrogen-bond acceptors (Lipinski definition) is 5. The van der Waals surface area contributed by atoms with Gasteiger partial charge in [-0.25, -0.2) is 0 Å². The topological polar surface area (TPSA) is 72.9 Å². The molecule has 0 saturated heterocycles. The first-order valence-electron chi connectivity index (χ1n) is 9.43. The number of hydrogen-bond donors (Lipinski definition) is 0. The lowest BCUT2D eigenvalue weighted by molar-refractivity contribution is -0.136. The third-order valence-electron chi connectivity index (χ3n) is 4.45. The number of halogens is 1. The molecule has 0 radical (unpaired) electrons. The average Bonchev–Trinajstić information content (AvgIpc) is 2.70. The summed E-state index contributed by atoms with van der Waals surface area (Å²) in [5.74, 6) is 0.517. The molecule has 2 aromatic rings. The Morgan fingerprint density at radius 1 is 1.10 bits per heavy atom. The van der Waals surface area contributed by atoms with E-state index in [1.54, 1.807) is 47.4 Å². The Bertz CT molecular complexity index is 915. The van der Waals surface area contributed by atoms with E-state index in [2.05, 4.69) is 0 Å². The molecule has 0 aliphatic heterocycles. The monoisotopic (exact) mass is 439 g/mol. The molecule has 29 heavy (non-hydrogen) atoms. The van der Waals surface area contributed by atoms with Crippen LogP contribution in [-0.2, 0) is 21.5 Å². The van der Waals surface area contributed by atoms with Crippen molar-refractivity contribution in [2.75, 3.05) is 12.4 Å². The van der Waals surface area contributed by atoms with Crippen LogP contribution in [0, 0.1) is 0 Å². The van der Waals surface area contributed by atoms with Gasteiger partial charge in [-0.2, -0.15) is 8.42 Å². The van der Waals surface area contributed by atoms with Crippen LogP contribution in [0.25, 0.3) is 0 Å². The molecule has 6 nitrogen and oxygen atoms in total. The number of carbonyl (C=O) groups excluding carboxylic acids is 1. The molecule has 2 aromatic carbocycles. The highest BCUT2D eigenvalue weighted by molar-refractivity contribution is 7.87. The molecular formula is C21H26ClNO5S. The van der Waals surface area contributed by atoms with Crippen molar-refractivity contribution in [2.24, 2.45) is 0 Å². The summed E-state index contributed by atoms with van der Waals surface area (Å²) in [6, 6.07) is 13.5. The molecule has 8 heteroatoms. The van der Waals surface area contributed by atoms with Gasteiger partial charge < -0.3 is 13.8 Å². The Morgan fingerprint density at radius 2 is 1.79 bits per heavy atom. The third kappa shape index (κ3) is 7.25. The summed E-state index contributed by atoms with van der Waals surface area (Å²) < 4.78 is 34.0. The van der Waals surface area contributed by atoms with Crippen molar-refractivity contribution in [3.05, 3.63) is 59.1 Å². The van der Waals surface area contributed by atoms with Gasteiger partial charge in [-0.05, 0) is 62.2 Å². The van der Waals surface area contributed by atoms with E-state index < -0.39 is 10.1 Å². The number of nitrogens with zero attached hydrogens (tertiary/aromatic N) is 1. The molecule has 0 aliphatic carbocycles. The van der Waals surface area contributed by atoms with E-state index in [9.17, 15) is 13.2 Å². The Balaban J connectivity index is 2.10. The molecule has 1 unspecified atom stereocenters. The fourth-order valence-electron chi connectivity index (χ4n) is 2.57. The van der Waals surface area contributed by atoms with Gasteiger partial charge in [-0.1, -0.05) is 30.7 Å². The Hall–Kier alpha value is -2.25.